The maximum atomic E-state index is 12.8. The van der Waals surface area contributed by atoms with Gasteiger partial charge < -0.3 is 5.32 Å². The van der Waals surface area contributed by atoms with E-state index in [4.69, 9.17) is 0 Å². The number of nitrogens with one attached hydrogen (secondary N) is 1. The summed E-state index contributed by atoms with van der Waals surface area (Å²) in [7, 11) is -2.21. The van der Waals surface area contributed by atoms with Gasteiger partial charge >= 0.3 is 0 Å². The highest BCUT2D eigenvalue weighted by Crippen LogP contribution is 2.21. The van der Waals surface area contributed by atoms with Crippen molar-refractivity contribution in [2.24, 2.45) is 0 Å². The molecule has 0 spiro atoms. The van der Waals surface area contributed by atoms with Crippen LogP contribution in [0.5, 0.6) is 0 Å². The molecule has 6 heteroatoms. The van der Waals surface area contributed by atoms with E-state index < -0.39 is 15.7 Å². The van der Waals surface area contributed by atoms with E-state index in [1.54, 1.807) is 0 Å². The highest BCUT2D eigenvalue weighted by Gasteiger charge is 2.17. The molecule has 104 valence electrons. The van der Waals surface area contributed by atoms with E-state index in [1.165, 1.54) is 43.4 Å². The molecule has 0 saturated carbocycles. The molecule has 0 unspecified atom stereocenters. The third-order valence-electron chi connectivity index (χ3n) is 2.78. The first kappa shape index (κ1) is 14.2. The fourth-order valence-electron chi connectivity index (χ4n) is 1.68. The summed E-state index contributed by atoms with van der Waals surface area (Å²) in [6, 6.07) is 10.1. The molecule has 0 atom stereocenters. The zero-order valence-corrected chi connectivity index (χ0v) is 11.4. The quantitative estimate of drug-likeness (QED) is 0.881. The van der Waals surface area contributed by atoms with E-state index in [2.05, 4.69) is 5.32 Å². The fraction of sp³-hybridized carbons (Fsp3) is 0.0714. The van der Waals surface area contributed by atoms with Crippen molar-refractivity contribution in [2.45, 2.75) is 9.79 Å². The zero-order chi connectivity index (χ0) is 14.8. The number of benzene rings is 2. The fourth-order valence-corrected chi connectivity index (χ4v) is 2.94. The average Bonchev–Trinajstić information content (AvgIpc) is 2.47. The summed E-state index contributed by atoms with van der Waals surface area (Å²) < 4.78 is 37.4. The summed E-state index contributed by atoms with van der Waals surface area (Å²) in [6.45, 7) is 0. The number of hydrogen-bond donors (Lipinski definition) is 1. The van der Waals surface area contributed by atoms with E-state index in [9.17, 15) is 17.6 Å². The highest BCUT2D eigenvalue weighted by molar-refractivity contribution is 7.91. The van der Waals surface area contributed by atoms with Crippen LogP contribution in [0, 0.1) is 5.82 Å². The average molecular weight is 293 g/mol. The van der Waals surface area contributed by atoms with Gasteiger partial charge in [0.2, 0.25) is 9.84 Å². The van der Waals surface area contributed by atoms with Crippen LogP contribution in [0.3, 0.4) is 0 Å². The lowest BCUT2D eigenvalue weighted by molar-refractivity contribution is 0.0963. The molecule has 20 heavy (non-hydrogen) atoms. The van der Waals surface area contributed by atoms with E-state index in [1.807, 2.05) is 0 Å². The SMILES string of the molecule is CNC(=O)c1ccc(S(=O)(=O)c2ccc(F)cc2)cc1. The molecule has 1 N–H and O–H groups in total. The Kier molecular flexibility index (Phi) is 3.85. The van der Waals surface area contributed by atoms with Gasteiger partial charge in [-0.05, 0) is 48.5 Å². The zero-order valence-electron chi connectivity index (χ0n) is 10.6. The van der Waals surface area contributed by atoms with Crippen molar-refractivity contribution in [1.29, 1.82) is 0 Å². The van der Waals surface area contributed by atoms with Crippen molar-refractivity contribution in [3.05, 3.63) is 59.9 Å². The second-order valence-electron chi connectivity index (χ2n) is 4.06. The van der Waals surface area contributed by atoms with Crippen LogP contribution in [0.1, 0.15) is 10.4 Å². The normalized spacial score (nSPS) is 11.1. The standard InChI is InChI=1S/C14H12FNO3S/c1-16-14(17)10-2-6-12(7-3-10)20(18,19)13-8-4-11(15)5-9-13/h2-9H,1H3,(H,16,17). The number of halogens is 1. The van der Waals surface area contributed by atoms with Crippen LogP contribution in [0.25, 0.3) is 0 Å². The molecule has 1 amide bonds. The van der Waals surface area contributed by atoms with Crippen molar-refractivity contribution in [3.63, 3.8) is 0 Å². The molecule has 2 rings (SSSR count). The third-order valence-corrected chi connectivity index (χ3v) is 4.56. The Bertz CT molecular complexity index is 722. The molecule has 0 radical (unpaired) electrons. The van der Waals surface area contributed by atoms with E-state index in [-0.39, 0.29) is 15.7 Å². The summed E-state index contributed by atoms with van der Waals surface area (Å²) in [6.07, 6.45) is 0. The first-order valence-corrected chi connectivity index (χ1v) is 7.26. The molecule has 0 aliphatic rings. The van der Waals surface area contributed by atoms with Crippen LogP contribution in [0.4, 0.5) is 4.39 Å². The van der Waals surface area contributed by atoms with Gasteiger partial charge in [-0.3, -0.25) is 4.79 Å². The summed E-state index contributed by atoms with van der Waals surface area (Å²) in [5.74, 6) is -0.797. The topological polar surface area (TPSA) is 63.2 Å². The smallest absolute Gasteiger partial charge is 0.251 e. The largest absolute Gasteiger partial charge is 0.355 e. The highest BCUT2D eigenvalue weighted by atomic mass is 32.2. The monoisotopic (exact) mass is 293 g/mol. The summed E-state index contributed by atoms with van der Waals surface area (Å²) in [5.41, 5.74) is 0.366. The van der Waals surface area contributed by atoms with Crippen LogP contribution >= 0.6 is 0 Å². The molecule has 0 aromatic heterocycles. The molecule has 0 heterocycles. The predicted molar refractivity (Wildman–Crippen MR) is 71.7 cm³/mol. The molecule has 0 bridgehead atoms. The maximum absolute atomic E-state index is 12.8. The number of sulfone groups is 1. The molecule has 0 aliphatic carbocycles. The number of amides is 1. The summed E-state index contributed by atoms with van der Waals surface area (Å²) >= 11 is 0. The second kappa shape index (κ2) is 5.42. The Balaban J connectivity index is 2.40. The first-order chi connectivity index (χ1) is 9.45. The number of rotatable bonds is 3. The molecular formula is C14H12FNO3S. The van der Waals surface area contributed by atoms with Crippen molar-refractivity contribution in [3.8, 4) is 0 Å². The minimum absolute atomic E-state index is 0.00610. The van der Waals surface area contributed by atoms with Crippen molar-refractivity contribution < 1.29 is 17.6 Å². The maximum Gasteiger partial charge on any atom is 0.251 e. The molecular weight excluding hydrogens is 281 g/mol. The Morgan fingerprint density at radius 3 is 1.85 bits per heavy atom. The first-order valence-electron chi connectivity index (χ1n) is 5.78. The van der Waals surface area contributed by atoms with Crippen LogP contribution in [-0.2, 0) is 9.84 Å². The second-order valence-corrected chi connectivity index (χ2v) is 6.01. The molecule has 0 saturated heterocycles. The van der Waals surface area contributed by atoms with Crippen molar-refractivity contribution in [2.75, 3.05) is 7.05 Å². The number of carbonyl (C=O) groups excluding carboxylic acids is 1. The van der Waals surface area contributed by atoms with E-state index in [0.29, 0.717) is 5.56 Å². The molecule has 0 fully saturated rings. The van der Waals surface area contributed by atoms with Crippen LogP contribution in [0.2, 0.25) is 0 Å². The Labute approximate surface area is 116 Å². The van der Waals surface area contributed by atoms with Gasteiger partial charge in [-0.2, -0.15) is 0 Å². The number of hydrogen-bond acceptors (Lipinski definition) is 3. The lowest BCUT2D eigenvalue weighted by Crippen LogP contribution is -2.17. The molecule has 4 nitrogen and oxygen atoms in total. The summed E-state index contributed by atoms with van der Waals surface area (Å²) in [4.78, 5) is 11.4. The molecule has 0 aliphatic heterocycles. The van der Waals surface area contributed by atoms with E-state index in [0.717, 1.165) is 12.1 Å². The van der Waals surface area contributed by atoms with Gasteiger partial charge in [0.25, 0.3) is 5.91 Å². The van der Waals surface area contributed by atoms with Gasteiger partial charge in [0.15, 0.2) is 0 Å². The summed E-state index contributed by atoms with van der Waals surface area (Å²) in [5, 5.41) is 2.45. The molecule has 2 aromatic rings. The third kappa shape index (κ3) is 2.70. The van der Waals surface area contributed by atoms with Crippen molar-refractivity contribution in [1.82, 2.24) is 5.32 Å². The Hall–Kier alpha value is -2.21. The lowest BCUT2D eigenvalue weighted by Gasteiger charge is -2.05. The minimum Gasteiger partial charge on any atom is -0.355 e. The predicted octanol–water partition coefficient (Wildman–Crippen LogP) is 2.02. The van der Waals surface area contributed by atoms with Gasteiger partial charge in [0, 0.05) is 12.6 Å². The molecule has 2 aromatic carbocycles. The Morgan fingerprint density at radius 1 is 0.950 bits per heavy atom. The van der Waals surface area contributed by atoms with Gasteiger partial charge in [-0.25, -0.2) is 12.8 Å². The lowest BCUT2D eigenvalue weighted by atomic mass is 10.2. The van der Waals surface area contributed by atoms with Gasteiger partial charge in [-0.1, -0.05) is 0 Å². The van der Waals surface area contributed by atoms with Crippen LogP contribution < -0.4 is 5.32 Å². The van der Waals surface area contributed by atoms with E-state index >= 15 is 0 Å². The van der Waals surface area contributed by atoms with Crippen molar-refractivity contribution >= 4 is 15.7 Å². The van der Waals surface area contributed by atoms with Gasteiger partial charge in [0.05, 0.1) is 9.79 Å². The van der Waals surface area contributed by atoms with Crippen LogP contribution in [-0.4, -0.2) is 21.4 Å². The van der Waals surface area contributed by atoms with Gasteiger partial charge in [-0.15, -0.1) is 0 Å². The minimum atomic E-state index is -3.70. The number of carbonyl (C=O) groups is 1. The van der Waals surface area contributed by atoms with Gasteiger partial charge in [0.1, 0.15) is 5.82 Å². The van der Waals surface area contributed by atoms with Crippen LogP contribution in [0.15, 0.2) is 58.3 Å². The Morgan fingerprint density at radius 2 is 1.40 bits per heavy atom.